The van der Waals surface area contributed by atoms with Gasteiger partial charge in [-0.1, -0.05) is 60.7 Å². The van der Waals surface area contributed by atoms with Gasteiger partial charge in [0, 0.05) is 0 Å². The molecule has 0 spiro atoms. The maximum Gasteiger partial charge on any atom is 0.138 e. The highest BCUT2D eigenvalue weighted by atomic mass is 16.1. The van der Waals surface area contributed by atoms with Crippen LogP contribution in [0.4, 0.5) is 0 Å². The van der Waals surface area contributed by atoms with Gasteiger partial charge in [0.2, 0.25) is 0 Å². The Bertz CT molecular complexity index is 532. The van der Waals surface area contributed by atoms with Crippen LogP contribution in [0, 0.1) is 0 Å². The minimum Gasteiger partial charge on any atom is -0.299 e. The van der Waals surface area contributed by atoms with Crippen LogP contribution < -0.4 is 0 Å². The number of ketones is 2. The number of carbonyl (C=O) groups is 2. The molecule has 2 heteroatoms. The standard InChI is InChI=1S/C18H18O2/c1-13(19)17(15-9-5-3-6-10-15)18(14(2)20)16-11-7-4-8-12-16/h3-12,17-18H,1-2H3/t17-,18+. The maximum absolute atomic E-state index is 12.1. The van der Waals surface area contributed by atoms with Gasteiger partial charge in [0.25, 0.3) is 0 Å². The molecule has 0 aliphatic carbocycles. The fourth-order valence-corrected chi connectivity index (χ4v) is 2.64. The third kappa shape index (κ3) is 3.02. The molecule has 0 N–H and O–H groups in total. The zero-order valence-corrected chi connectivity index (χ0v) is 11.7. The minimum absolute atomic E-state index is 0.0141. The molecule has 2 aromatic rings. The molecule has 0 amide bonds. The summed E-state index contributed by atoms with van der Waals surface area (Å²) in [5.41, 5.74) is 1.79. The van der Waals surface area contributed by atoms with E-state index in [-0.39, 0.29) is 11.6 Å². The second-order valence-electron chi connectivity index (χ2n) is 5.00. The zero-order chi connectivity index (χ0) is 14.5. The molecule has 0 saturated carbocycles. The summed E-state index contributed by atoms with van der Waals surface area (Å²) in [6, 6.07) is 19.0. The summed E-state index contributed by atoms with van der Waals surface area (Å²) < 4.78 is 0. The first-order valence-corrected chi connectivity index (χ1v) is 6.72. The lowest BCUT2D eigenvalue weighted by atomic mass is 9.77. The monoisotopic (exact) mass is 266 g/mol. The van der Waals surface area contributed by atoms with E-state index in [4.69, 9.17) is 0 Å². The SMILES string of the molecule is CC(=O)[C@H](c1ccccc1)[C@@H](C(C)=O)c1ccccc1. The molecular formula is C18H18O2. The summed E-state index contributed by atoms with van der Waals surface area (Å²) in [5, 5.41) is 0. The fraction of sp³-hybridized carbons (Fsp3) is 0.222. The average Bonchev–Trinajstić information content (AvgIpc) is 2.45. The summed E-state index contributed by atoms with van der Waals surface area (Å²) in [4.78, 5) is 24.2. The van der Waals surface area contributed by atoms with E-state index in [2.05, 4.69) is 0 Å². The maximum atomic E-state index is 12.1. The number of carbonyl (C=O) groups excluding carboxylic acids is 2. The Balaban J connectivity index is 2.50. The van der Waals surface area contributed by atoms with Gasteiger partial charge < -0.3 is 0 Å². The second kappa shape index (κ2) is 6.29. The first-order valence-electron chi connectivity index (χ1n) is 6.72. The summed E-state index contributed by atoms with van der Waals surface area (Å²) >= 11 is 0. The molecule has 2 atom stereocenters. The number of hydrogen-bond acceptors (Lipinski definition) is 2. The van der Waals surface area contributed by atoms with Crippen molar-refractivity contribution < 1.29 is 9.59 Å². The van der Waals surface area contributed by atoms with Gasteiger partial charge in [0.05, 0.1) is 11.8 Å². The highest BCUT2D eigenvalue weighted by Gasteiger charge is 2.31. The van der Waals surface area contributed by atoms with Crippen molar-refractivity contribution in [2.24, 2.45) is 0 Å². The normalized spacial score (nSPS) is 13.5. The van der Waals surface area contributed by atoms with Crippen molar-refractivity contribution >= 4 is 11.6 Å². The van der Waals surface area contributed by atoms with E-state index in [1.165, 1.54) is 0 Å². The van der Waals surface area contributed by atoms with Crippen LogP contribution in [0.15, 0.2) is 60.7 Å². The van der Waals surface area contributed by atoms with Crippen molar-refractivity contribution in [1.29, 1.82) is 0 Å². The first kappa shape index (κ1) is 14.2. The summed E-state index contributed by atoms with van der Waals surface area (Å²) in [6.45, 7) is 3.10. The molecule has 2 aromatic carbocycles. The Morgan fingerprint density at radius 3 is 1.20 bits per heavy atom. The molecule has 0 aliphatic heterocycles. The molecule has 0 aliphatic rings. The zero-order valence-electron chi connectivity index (χ0n) is 11.7. The van der Waals surface area contributed by atoms with Crippen LogP contribution in [0.2, 0.25) is 0 Å². The van der Waals surface area contributed by atoms with Crippen LogP contribution in [0.1, 0.15) is 36.8 Å². The molecule has 20 heavy (non-hydrogen) atoms. The smallest absolute Gasteiger partial charge is 0.138 e. The molecule has 2 rings (SSSR count). The van der Waals surface area contributed by atoms with Crippen molar-refractivity contribution in [1.82, 2.24) is 0 Å². The number of benzene rings is 2. The quantitative estimate of drug-likeness (QED) is 0.826. The van der Waals surface area contributed by atoms with Crippen LogP contribution in [-0.2, 0) is 9.59 Å². The number of hydrogen-bond donors (Lipinski definition) is 0. The van der Waals surface area contributed by atoms with E-state index in [9.17, 15) is 9.59 Å². The molecule has 0 bridgehead atoms. The molecular weight excluding hydrogens is 248 g/mol. The van der Waals surface area contributed by atoms with Gasteiger partial charge >= 0.3 is 0 Å². The molecule has 0 saturated heterocycles. The van der Waals surface area contributed by atoms with Crippen molar-refractivity contribution in [2.45, 2.75) is 25.7 Å². The van der Waals surface area contributed by atoms with E-state index in [0.717, 1.165) is 11.1 Å². The van der Waals surface area contributed by atoms with Crippen LogP contribution in [0.5, 0.6) is 0 Å². The second-order valence-corrected chi connectivity index (χ2v) is 5.00. The van der Waals surface area contributed by atoms with Gasteiger partial charge in [-0.05, 0) is 25.0 Å². The summed E-state index contributed by atoms with van der Waals surface area (Å²) in [5.74, 6) is -0.812. The molecule has 2 nitrogen and oxygen atoms in total. The molecule has 0 fully saturated rings. The van der Waals surface area contributed by atoms with Crippen molar-refractivity contribution in [3.05, 3.63) is 71.8 Å². The minimum atomic E-state index is -0.420. The lowest BCUT2D eigenvalue weighted by molar-refractivity contribution is -0.125. The lowest BCUT2D eigenvalue weighted by Crippen LogP contribution is -2.23. The summed E-state index contributed by atoms with van der Waals surface area (Å²) in [6.07, 6.45) is 0. The Morgan fingerprint density at radius 2 is 0.950 bits per heavy atom. The average molecular weight is 266 g/mol. The highest BCUT2D eigenvalue weighted by Crippen LogP contribution is 2.34. The Hall–Kier alpha value is -2.22. The topological polar surface area (TPSA) is 34.1 Å². The van der Waals surface area contributed by atoms with Crippen molar-refractivity contribution in [3.8, 4) is 0 Å². The van der Waals surface area contributed by atoms with Gasteiger partial charge in [0.1, 0.15) is 11.6 Å². The van der Waals surface area contributed by atoms with Crippen LogP contribution >= 0.6 is 0 Å². The molecule has 0 aromatic heterocycles. The Kier molecular flexibility index (Phi) is 4.46. The van der Waals surface area contributed by atoms with E-state index < -0.39 is 11.8 Å². The first-order chi connectivity index (χ1) is 9.61. The predicted molar refractivity (Wildman–Crippen MR) is 79.7 cm³/mol. The Labute approximate surface area is 119 Å². The van der Waals surface area contributed by atoms with Gasteiger partial charge in [-0.25, -0.2) is 0 Å². The largest absolute Gasteiger partial charge is 0.299 e. The predicted octanol–water partition coefficient (Wildman–Crippen LogP) is 3.73. The van der Waals surface area contributed by atoms with E-state index in [1.54, 1.807) is 13.8 Å². The molecule has 0 unspecified atom stereocenters. The summed E-state index contributed by atoms with van der Waals surface area (Å²) in [7, 11) is 0. The van der Waals surface area contributed by atoms with Gasteiger partial charge in [-0.3, -0.25) is 9.59 Å². The van der Waals surface area contributed by atoms with Crippen molar-refractivity contribution in [3.63, 3.8) is 0 Å². The van der Waals surface area contributed by atoms with Crippen LogP contribution in [0.3, 0.4) is 0 Å². The van der Waals surface area contributed by atoms with E-state index in [0.29, 0.717) is 0 Å². The van der Waals surface area contributed by atoms with E-state index in [1.807, 2.05) is 60.7 Å². The third-order valence-corrected chi connectivity index (χ3v) is 3.53. The fourth-order valence-electron chi connectivity index (χ4n) is 2.64. The van der Waals surface area contributed by atoms with Gasteiger partial charge in [-0.2, -0.15) is 0 Å². The highest BCUT2D eigenvalue weighted by molar-refractivity contribution is 5.94. The lowest BCUT2D eigenvalue weighted by Gasteiger charge is -2.24. The van der Waals surface area contributed by atoms with Crippen LogP contribution in [0.25, 0.3) is 0 Å². The molecule has 0 heterocycles. The third-order valence-electron chi connectivity index (χ3n) is 3.53. The Morgan fingerprint density at radius 1 is 0.650 bits per heavy atom. The van der Waals surface area contributed by atoms with Crippen molar-refractivity contribution in [2.75, 3.05) is 0 Å². The van der Waals surface area contributed by atoms with E-state index >= 15 is 0 Å². The number of Topliss-reactive ketones (excluding diaryl/α,β-unsaturated/α-hetero) is 2. The van der Waals surface area contributed by atoms with Crippen LogP contribution in [-0.4, -0.2) is 11.6 Å². The van der Waals surface area contributed by atoms with Gasteiger partial charge in [-0.15, -0.1) is 0 Å². The number of rotatable bonds is 5. The molecule has 0 radical (unpaired) electrons. The molecule has 102 valence electrons. The van der Waals surface area contributed by atoms with Gasteiger partial charge in [0.15, 0.2) is 0 Å².